The molecule has 0 radical (unpaired) electrons. The number of nitrogens with one attached hydrogen (secondary N) is 2. The molecule has 0 aliphatic heterocycles. The van der Waals surface area contributed by atoms with Gasteiger partial charge in [-0.25, -0.2) is 4.39 Å². The average molecular weight is 479 g/mol. The van der Waals surface area contributed by atoms with E-state index in [1.807, 2.05) is 72.8 Å². The maximum Gasteiger partial charge on any atom is 0.241 e. The van der Waals surface area contributed by atoms with E-state index in [-0.39, 0.29) is 24.0 Å². The summed E-state index contributed by atoms with van der Waals surface area (Å²) in [7, 11) is 0. The summed E-state index contributed by atoms with van der Waals surface area (Å²) in [6, 6.07) is 29.1. The molecular formula is C29H23FN4O2. The third-order valence-corrected chi connectivity index (χ3v) is 5.64. The number of aromatic nitrogens is 2. The summed E-state index contributed by atoms with van der Waals surface area (Å²) < 4.78 is 19.2. The van der Waals surface area contributed by atoms with Gasteiger partial charge < -0.3 is 9.84 Å². The topological polar surface area (TPSA) is 80.1 Å². The summed E-state index contributed by atoms with van der Waals surface area (Å²) in [5, 5.41) is 10.5. The Morgan fingerprint density at radius 1 is 0.806 bits per heavy atom. The van der Waals surface area contributed by atoms with Gasteiger partial charge in [0.15, 0.2) is 0 Å². The van der Waals surface area contributed by atoms with Gasteiger partial charge in [-0.05, 0) is 47.5 Å². The second-order valence-electron chi connectivity index (χ2n) is 8.19. The van der Waals surface area contributed by atoms with Crippen LogP contribution >= 0.6 is 0 Å². The van der Waals surface area contributed by atoms with Crippen molar-refractivity contribution in [3.05, 3.63) is 120 Å². The molecule has 7 heteroatoms. The number of rotatable bonds is 8. The minimum Gasteiger partial charge on any atom is -0.379 e. The number of hydrogen-bond acceptors (Lipinski definition) is 5. The molecule has 0 spiro atoms. The fourth-order valence-corrected chi connectivity index (χ4v) is 3.89. The van der Waals surface area contributed by atoms with Gasteiger partial charge in [0.05, 0.1) is 17.7 Å². The van der Waals surface area contributed by atoms with Gasteiger partial charge in [-0.3, -0.25) is 15.1 Å². The first-order valence-corrected chi connectivity index (χ1v) is 11.5. The molecule has 2 aromatic heterocycles. The quantitative estimate of drug-likeness (QED) is 0.272. The maximum atomic E-state index is 13.6. The van der Waals surface area contributed by atoms with Crippen LogP contribution in [0.15, 0.2) is 108 Å². The number of halogens is 1. The molecule has 0 atom stereocenters. The van der Waals surface area contributed by atoms with Gasteiger partial charge in [-0.15, -0.1) is 0 Å². The van der Waals surface area contributed by atoms with E-state index in [0.29, 0.717) is 29.1 Å². The molecule has 0 aliphatic rings. The van der Waals surface area contributed by atoms with Crippen LogP contribution < -0.4 is 10.6 Å². The van der Waals surface area contributed by atoms with Crippen LogP contribution in [0.1, 0.15) is 11.1 Å². The molecular weight excluding hydrogens is 455 g/mol. The van der Waals surface area contributed by atoms with Gasteiger partial charge in [0.25, 0.3) is 0 Å². The number of carbonyl (C=O) groups excluding carboxylic acids is 1. The second-order valence-corrected chi connectivity index (χ2v) is 8.19. The number of pyridine rings is 1. The SMILES string of the molecule is O=C(Cc1ccccc1)Nc1onc(-c2ccc(F)cc2)c1-c1ncccc1NCc1ccccc1. The first-order chi connectivity index (χ1) is 17.7. The molecule has 6 nitrogen and oxygen atoms in total. The standard InChI is InChI=1S/C29H23FN4O2/c30-23-15-13-22(14-16-23)27-26(29(36-34-27)33-25(35)18-20-8-3-1-4-9-20)28-24(12-7-17-31-28)32-19-21-10-5-2-6-11-21/h1-17,32H,18-19H2,(H,33,35). The molecule has 36 heavy (non-hydrogen) atoms. The number of amides is 1. The Kier molecular flexibility index (Phi) is 6.80. The fourth-order valence-electron chi connectivity index (χ4n) is 3.89. The average Bonchev–Trinajstić information content (AvgIpc) is 3.32. The Hall–Kier alpha value is -4.78. The highest BCUT2D eigenvalue weighted by Crippen LogP contribution is 2.40. The van der Waals surface area contributed by atoms with Crippen molar-refractivity contribution in [3.63, 3.8) is 0 Å². The van der Waals surface area contributed by atoms with Gasteiger partial charge in [0.2, 0.25) is 11.8 Å². The van der Waals surface area contributed by atoms with Crippen LogP contribution in [0, 0.1) is 5.82 Å². The van der Waals surface area contributed by atoms with Crippen molar-refractivity contribution in [2.75, 3.05) is 10.6 Å². The van der Waals surface area contributed by atoms with E-state index in [1.165, 1.54) is 12.1 Å². The fraction of sp³-hybridized carbons (Fsp3) is 0.0690. The largest absolute Gasteiger partial charge is 0.379 e. The normalized spacial score (nSPS) is 10.7. The van der Waals surface area contributed by atoms with Gasteiger partial charge in [0.1, 0.15) is 17.2 Å². The van der Waals surface area contributed by atoms with Crippen LogP contribution in [0.2, 0.25) is 0 Å². The smallest absolute Gasteiger partial charge is 0.241 e. The van der Waals surface area contributed by atoms with Crippen molar-refractivity contribution in [1.29, 1.82) is 0 Å². The first kappa shape index (κ1) is 23.0. The Morgan fingerprint density at radius 2 is 1.50 bits per heavy atom. The van der Waals surface area contributed by atoms with Crippen LogP contribution in [-0.2, 0) is 17.8 Å². The van der Waals surface area contributed by atoms with Crippen LogP contribution in [0.25, 0.3) is 22.5 Å². The summed E-state index contributed by atoms with van der Waals surface area (Å²) in [5.41, 5.74) is 4.88. The first-order valence-electron chi connectivity index (χ1n) is 11.5. The Bertz CT molecular complexity index is 1450. The van der Waals surface area contributed by atoms with Gasteiger partial charge in [-0.1, -0.05) is 65.8 Å². The number of hydrogen-bond donors (Lipinski definition) is 2. The number of nitrogens with zero attached hydrogens (tertiary/aromatic N) is 2. The molecule has 2 N–H and O–H groups in total. The van der Waals surface area contributed by atoms with E-state index in [4.69, 9.17) is 4.52 Å². The summed E-state index contributed by atoms with van der Waals surface area (Å²) in [5.74, 6) is -0.432. The third-order valence-electron chi connectivity index (χ3n) is 5.64. The number of carbonyl (C=O) groups is 1. The van der Waals surface area contributed by atoms with E-state index in [2.05, 4.69) is 20.8 Å². The van der Waals surface area contributed by atoms with E-state index < -0.39 is 0 Å². The van der Waals surface area contributed by atoms with Gasteiger partial charge in [-0.2, -0.15) is 0 Å². The minimum atomic E-state index is -0.358. The summed E-state index contributed by atoms with van der Waals surface area (Å²) in [6.45, 7) is 0.576. The van der Waals surface area contributed by atoms with Crippen LogP contribution in [0.3, 0.4) is 0 Å². The van der Waals surface area contributed by atoms with Crippen molar-refractivity contribution < 1.29 is 13.7 Å². The minimum absolute atomic E-state index is 0.175. The van der Waals surface area contributed by atoms with Crippen molar-refractivity contribution in [1.82, 2.24) is 10.1 Å². The highest BCUT2D eigenvalue weighted by atomic mass is 19.1. The second kappa shape index (κ2) is 10.7. The van der Waals surface area contributed by atoms with Crippen molar-refractivity contribution in [3.8, 4) is 22.5 Å². The van der Waals surface area contributed by atoms with Gasteiger partial charge in [0, 0.05) is 18.3 Å². The molecule has 0 saturated heterocycles. The maximum absolute atomic E-state index is 13.6. The van der Waals surface area contributed by atoms with Crippen LogP contribution in [0.5, 0.6) is 0 Å². The molecule has 2 heterocycles. The molecule has 0 aliphatic carbocycles. The van der Waals surface area contributed by atoms with E-state index in [9.17, 15) is 9.18 Å². The lowest BCUT2D eigenvalue weighted by Gasteiger charge is -2.12. The van der Waals surface area contributed by atoms with Crippen molar-refractivity contribution >= 4 is 17.5 Å². The Balaban J connectivity index is 1.52. The van der Waals surface area contributed by atoms with E-state index in [0.717, 1.165) is 16.8 Å². The lowest BCUT2D eigenvalue weighted by Crippen LogP contribution is -2.14. The molecule has 5 rings (SSSR count). The summed E-state index contributed by atoms with van der Waals surface area (Å²) in [4.78, 5) is 17.5. The van der Waals surface area contributed by atoms with Crippen LogP contribution in [0.4, 0.5) is 16.0 Å². The highest BCUT2D eigenvalue weighted by Gasteiger charge is 2.24. The molecule has 0 bridgehead atoms. The number of anilines is 2. The molecule has 5 aromatic rings. The molecule has 0 saturated carbocycles. The summed E-state index contributed by atoms with van der Waals surface area (Å²) in [6.07, 6.45) is 1.84. The number of benzene rings is 3. The highest BCUT2D eigenvalue weighted by molar-refractivity contribution is 5.99. The molecule has 0 fully saturated rings. The molecule has 0 unspecified atom stereocenters. The zero-order chi connectivity index (χ0) is 24.7. The molecule has 1 amide bonds. The van der Waals surface area contributed by atoms with E-state index >= 15 is 0 Å². The lowest BCUT2D eigenvalue weighted by atomic mass is 10.0. The zero-order valence-corrected chi connectivity index (χ0v) is 19.3. The summed E-state index contributed by atoms with van der Waals surface area (Å²) >= 11 is 0. The van der Waals surface area contributed by atoms with E-state index in [1.54, 1.807) is 18.3 Å². The van der Waals surface area contributed by atoms with Crippen LogP contribution in [-0.4, -0.2) is 16.0 Å². The molecule has 178 valence electrons. The predicted molar refractivity (Wildman–Crippen MR) is 138 cm³/mol. The van der Waals surface area contributed by atoms with Gasteiger partial charge >= 0.3 is 0 Å². The Morgan fingerprint density at radius 3 is 2.22 bits per heavy atom. The third kappa shape index (κ3) is 5.31. The lowest BCUT2D eigenvalue weighted by molar-refractivity contribution is -0.115. The monoisotopic (exact) mass is 478 g/mol. The van der Waals surface area contributed by atoms with Crippen molar-refractivity contribution in [2.24, 2.45) is 0 Å². The zero-order valence-electron chi connectivity index (χ0n) is 19.3. The Labute approximate surface area is 207 Å². The predicted octanol–water partition coefficient (Wildman–Crippen LogP) is 6.34. The molecule has 3 aromatic carbocycles. The van der Waals surface area contributed by atoms with Crippen molar-refractivity contribution in [2.45, 2.75) is 13.0 Å².